The van der Waals surface area contributed by atoms with E-state index in [9.17, 15) is 9.59 Å². The van der Waals surface area contributed by atoms with Gasteiger partial charge in [-0.1, -0.05) is 25.5 Å². The molecule has 1 N–H and O–H groups in total. The molecule has 1 aromatic rings. The lowest BCUT2D eigenvalue weighted by Crippen LogP contribution is -2.49. The van der Waals surface area contributed by atoms with Crippen LogP contribution in [0.3, 0.4) is 0 Å². The molecular formula is C17H22N2O2. The lowest BCUT2D eigenvalue weighted by Gasteiger charge is -2.26. The van der Waals surface area contributed by atoms with E-state index < -0.39 is 0 Å². The van der Waals surface area contributed by atoms with E-state index in [0.29, 0.717) is 24.6 Å². The minimum atomic E-state index is -0.0776. The second kappa shape index (κ2) is 5.88. The number of benzene rings is 1. The summed E-state index contributed by atoms with van der Waals surface area (Å²) in [5.41, 5.74) is 2.02. The Balaban J connectivity index is 1.68. The number of carbonyl (C=O) groups excluding carboxylic acids is 2. The number of nitrogens with one attached hydrogen (secondary N) is 1. The van der Waals surface area contributed by atoms with Crippen molar-refractivity contribution >= 4 is 11.8 Å². The normalized spacial score (nSPS) is 25.8. The molecule has 1 aliphatic carbocycles. The highest BCUT2D eigenvalue weighted by Crippen LogP contribution is 2.37. The fourth-order valence-corrected chi connectivity index (χ4v) is 3.40. The standard InChI is InChI=1S/C17H22N2O2/c1-12-2-3-15(10-12)13-4-6-14(7-5-13)17(21)19-9-8-18-16(20)11-19/h4-7,12,15H,2-3,8-11H2,1H3,(H,18,20)/t12?,15-/m0/s1. The van der Waals surface area contributed by atoms with E-state index in [0.717, 1.165) is 5.92 Å². The van der Waals surface area contributed by atoms with Gasteiger partial charge in [-0.2, -0.15) is 0 Å². The van der Waals surface area contributed by atoms with Gasteiger partial charge in [-0.3, -0.25) is 9.59 Å². The van der Waals surface area contributed by atoms with Gasteiger partial charge < -0.3 is 10.2 Å². The van der Waals surface area contributed by atoms with Crippen molar-refractivity contribution in [2.75, 3.05) is 19.6 Å². The maximum absolute atomic E-state index is 12.4. The molecule has 112 valence electrons. The fraction of sp³-hybridized carbons (Fsp3) is 0.529. The monoisotopic (exact) mass is 286 g/mol. The zero-order valence-corrected chi connectivity index (χ0v) is 12.5. The summed E-state index contributed by atoms with van der Waals surface area (Å²) in [5.74, 6) is 1.33. The minimum absolute atomic E-state index is 0.0452. The summed E-state index contributed by atoms with van der Waals surface area (Å²) in [7, 11) is 0. The molecule has 1 saturated carbocycles. The van der Waals surface area contributed by atoms with Crippen molar-refractivity contribution in [3.8, 4) is 0 Å². The first kappa shape index (κ1) is 14.1. The Kier molecular flexibility index (Phi) is 3.95. The first-order chi connectivity index (χ1) is 10.1. The van der Waals surface area contributed by atoms with Crippen LogP contribution in [0, 0.1) is 5.92 Å². The zero-order chi connectivity index (χ0) is 14.8. The summed E-state index contributed by atoms with van der Waals surface area (Å²) in [6.07, 6.45) is 3.80. The SMILES string of the molecule is CC1CC[C@H](c2ccc(C(=O)N3CCNC(=O)C3)cc2)C1. The third kappa shape index (κ3) is 3.09. The number of rotatable bonds is 2. The fourth-order valence-electron chi connectivity index (χ4n) is 3.40. The first-order valence-corrected chi connectivity index (χ1v) is 7.79. The predicted molar refractivity (Wildman–Crippen MR) is 81.1 cm³/mol. The van der Waals surface area contributed by atoms with Gasteiger partial charge in [0, 0.05) is 18.7 Å². The average molecular weight is 286 g/mol. The van der Waals surface area contributed by atoms with Crippen LogP contribution < -0.4 is 5.32 Å². The van der Waals surface area contributed by atoms with Crippen molar-refractivity contribution in [3.63, 3.8) is 0 Å². The van der Waals surface area contributed by atoms with Crippen molar-refractivity contribution in [1.29, 1.82) is 0 Å². The van der Waals surface area contributed by atoms with Gasteiger partial charge in [0.05, 0.1) is 6.54 Å². The molecule has 2 amide bonds. The molecule has 0 bridgehead atoms. The zero-order valence-electron chi connectivity index (χ0n) is 12.5. The van der Waals surface area contributed by atoms with E-state index in [1.165, 1.54) is 24.8 Å². The minimum Gasteiger partial charge on any atom is -0.353 e. The van der Waals surface area contributed by atoms with Crippen LogP contribution in [0.4, 0.5) is 0 Å². The molecule has 0 radical (unpaired) electrons. The van der Waals surface area contributed by atoms with Crippen LogP contribution in [0.5, 0.6) is 0 Å². The number of carbonyl (C=O) groups is 2. The molecule has 1 aromatic carbocycles. The molecular weight excluding hydrogens is 264 g/mol. The van der Waals surface area contributed by atoms with Crippen LogP contribution in [0.2, 0.25) is 0 Å². The van der Waals surface area contributed by atoms with Crippen LogP contribution >= 0.6 is 0 Å². The summed E-state index contributed by atoms with van der Waals surface area (Å²) in [6, 6.07) is 7.99. The second-order valence-electron chi connectivity index (χ2n) is 6.31. The third-order valence-corrected chi connectivity index (χ3v) is 4.65. The van der Waals surface area contributed by atoms with E-state index in [1.807, 2.05) is 12.1 Å². The molecule has 2 aliphatic rings. The maximum Gasteiger partial charge on any atom is 0.254 e. The molecule has 0 spiro atoms. The molecule has 3 rings (SSSR count). The van der Waals surface area contributed by atoms with Crippen molar-refractivity contribution in [1.82, 2.24) is 10.2 Å². The highest BCUT2D eigenvalue weighted by molar-refractivity contribution is 5.97. The van der Waals surface area contributed by atoms with Gasteiger partial charge in [0.15, 0.2) is 0 Å². The van der Waals surface area contributed by atoms with Crippen LogP contribution in [0.25, 0.3) is 0 Å². The number of hydrogen-bond acceptors (Lipinski definition) is 2. The largest absolute Gasteiger partial charge is 0.353 e. The van der Waals surface area contributed by atoms with E-state index in [2.05, 4.69) is 24.4 Å². The van der Waals surface area contributed by atoms with Crippen molar-refractivity contribution < 1.29 is 9.59 Å². The predicted octanol–water partition coefficient (Wildman–Crippen LogP) is 2.16. The van der Waals surface area contributed by atoms with Gasteiger partial charge >= 0.3 is 0 Å². The van der Waals surface area contributed by atoms with Gasteiger partial charge in [-0.05, 0) is 42.4 Å². The topological polar surface area (TPSA) is 49.4 Å². The summed E-state index contributed by atoms with van der Waals surface area (Å²) >= 11 is 0. The number of piperazine rings is 1. The highest BCUT2D eigenvalue weighted by atomic mass is 16.2. The highest BCUT2D eigenvalue weighted by Gasteiger charge is 2.24. The van der Waals surface area contributed by atoms with Crippen LogP contribution in [0.1, 0.15) is 48.0 Å². The molecule has 1 aliphatic heterocycles. The van der Waals surface area contributed by atoms with Crippen molar-refractivity contribution in [3.05, 3.63) is 35.4 Å². The quantitative estimate of drug-likeness (QED) is 0.905. The summed E-state index contributed by atoms with van der Waals surface area (Å²) in [5, 5.41) is 2.74. The third-order valence-electron chi connectivity index (χ3n) is 4.65. The van der Waals surface area contributed by atoms with Gasteiger partial charge in [-0.25, -0.2) is 0 Å². The van der Waals surface area contributed by atoms with Gasteiger partial charge in [0.1, 0.15) is 0 Å². The lowest BCUT2D eigenvalue weighted by molar-refractivity contribution is -0.123. The Bertz CT molecular complexity index is 538. The summed E-state index contributed by atoms with van der Waals surface area (Å²) in [6.45, 7) is 3.61. The van der Waals surface area contributed by atoms with E-state index >= 15 is 0 Å². The van der Waals surface area contributed by atoms with Gasteiger partial charge in [0.25, 0.3) is 5.91 Å². The first-order valence-electron chi connectivity index (χ1n) is 7.79. The number of nitrogens with zero attached hydrogens (tertiary/aromatic N) is 1. The molecule has 1 heterocycles. The van der Waals surface area contributed by atoms with E-state index in [1.54, 1.807) is 4.90 Å². The van der Waals surface area contributed by atoms with Crippen LogP contribution in [-0.4, -0.2) is 36.3 Å². The van der Waals surface area contributed by atoms with E-state index in [-0.39, 0.29) is 18.4 Å². The molecule has 2 fully saturated rings. The number of amides is 2. The molecule has 4 nitrogen and oxygen atoms in total. The van der Waals surface area contributed by atoms with Crippen molar-refractivity contribution in [2.24, 2.45) is 5.92 Å². The molecule has 1 saturated heterocycles. The maximum atomic E-state index is 12.4. The molecule has 2 atom stereocenters. The Morgan fingerprint density at radius 3 is 2.62 bits per heavy atom. The molecule has 1 unspecified atom stereocenters. The van der Waals surface area contributed by atoms with Crippen molar-refractivity contribution in [2.45, 2.75) is 32.1 Å². The Morgan fingerprint density at radius 1 is 1.24 bits per heavy atom. The molecule has 4 heteroatoms. The van der Waals surface area contributed by atoms with E-state index in [4.69, 9.17) is 0 Å². The Labute approximate surface area is 125 Å². The molecule has 0 aromatic heterocycles. The Morgan fingerprint density at radius 2 is 2.00 bits per heavy atom. The average Bonchev–Trinajstić information content (AvgIpc) is 2.93. The van der Waals surface area contributed by atoms with Crippen LogP contribution in [-0.2, 0) is 4.79 Å². The lowest BCUT2D eigenvalue weighted by atomic mass is 9.95. The Hall–Kier alpha value is -1.84. The van der Waals surface area contributed by atoms with Gasteiger partial charge in [0.2, 0.25) is 5.91 Å². The van der Waals surface area contributed by atoms with Gasteiger partial charge in [-0.15, -0.1) is 0 Å². The smallest absolute Gasteiger partial charge is 0.254 e. The molecule has 21 heavy (non-hydrogen) atoms. The van der Waals surface area contributed by atoms with Crippen LogP contribution in [0.15, 0.2) is 24.3 Å². The number of hydrogen-bond donors (Lipinski definition) is 1. The summed E-state index contributed by atoms with van der Waals surface area (Å²) in [4.78, 5) is 25.4. The second-order valence-corrected chi connectivity index (χ2v) is 6.31. The summed E-state index contributed by atoms with van der Waals surface area (Å²) < 4.78 is 0.